The molecule has 1 aromatic carbocycles. The number of hydrogen-bond acceptors (Lipinski definition) is 5. The third-order valence-electron chi connectivity index (χ3n) is 3.64. The summed E-state index contributed by atoms with van der Waals surface area (Å²) in [6.45, 7) is 1.89. The first-order valence-electron chi connectivity index (χ1n) is 6.92. The van der Waals surface area contributed by atoms with Crippen LogP contribution in [0.1, 0.15) is 21.7 Å². The fourth-order valence-electron chi connectivity index (χ4n) is 2.53. The highest BCUT2D eigenvalue weighted by molar-refractivity contribution is 5.97. The number of nitrogens with zero attached hydrogens (tertiary/aromatic N) is 3. The number of nitrogen functional groups attached to an aromatic ring is 1. The van der Waals surface area contributed by atoms with E-state index in [0.717, 1.165) is 16.6 Å². The molecule has 6 heteroatoms. The third-order valence-corrected chi connectivity index (χ3v) is 3.64. The topological polar surface area (TPSA) is 93.9 Å². The van der Waals surface area contributed by atoms with Gasteiger partial charge in [0.05, 0.1) is 29.6 Å². The molecule has 6 nitrogen and oxygen atoms in total. The molecule has 0 bridgehead atoms. The van der Waals surface area contributed by atoms with Gasteiger partial charge in [-0.3, -0.25) is 4.98 Å². The molecule has 0 aliphatic heterocycles. The summed E-state index contributed by atoms with van der Waals surface area (Å²) in [5.41, 5.74) is 8.62. The molecule has 0 atom stereocenters. The minimum Gasteiger partial charge on any atom is -0.464 e. The van der Waals surface area contributed by atoms with Crippen LogP contribution in [0.2, 0.25) is 0 Å². The van der Waals surface area contributed by atoms with Gasteiger partial charge in [-0.15, -0.1) is 0 Å². The predicted molar refractivity (Wildman–Crippen MR) is 86.3 cm³/mol. The van der Waals surface area contributed by atoms with E-state index in [1.165, 1.54) is 13.3 Å². The molecule has 2 aromatic heterocycles. The van der Waals surface area contributed by atoms with Crippen molar-refractivity contribution in [2.75, 3.05) is 12.8 Å². The molecule has 0 aliphatic carbocycles. The second-order valence-corrected chi connectivity index (χ2v) is 5.08. The van der Waals surface area contributed by atoms with Crippen LogP contribution in [-0.2, 0) is 4.74 Å². The molecule has 114 valence electrons. The highest BCUT2D eigenvalue weighted by Crippen LogP contribution is 2.28. The number of methoxy groups -OCH3 is 1. The first-order chi connectivity index (χ1) is 11.1. The standard InChI is InChI=1S/C17H14N4O2/c1-10-6-7-11-4-3-5-13(15(11)20-10)21-9-12(8-18)14(19)16(21)17(22)23-2/h3-7,9H,19H2,1-2H3. The molecular formula is C17H14N4O2. The van der Waals surface area contributed by atoms with E-state index in [4.69, 9.17) is 10.5 Å². The predicted octanol–water partition coefficient (Wildman–Crippen LogP) is 2.57. The Morgan fingerprint density at radius 2 is 2.13 bits per heavy atom. The summed E-state index contributed by atoms with van der Waals surface area (Å²) in [6.07, 6.45) is 1.53. The molecule has 0 amide bonds. The zero-order chi connectivity index (χ0) is 16.6. The molecule has 0 saturated carbocycles. The number of anilines is 1. The van der Waals surface area contributed by atoms with Crippen LogP contribution in [-0.4, -0.2) is 22.6 Å². The highest BCUT2D eigenvalue weighted by Gasteiger charge is 2.22. The largest absolute Gasteiger partial charge is 0.464 e. The Hall–Kier alpha value is -3.33. The zero-order valence-corrected chi connectivity index (χ0v) is 12.7. The number of carbonyl (C=O) groups excluding carboxylic acids is 1. The minimum absolute atomic E-state index is 0.101. The molecule has 0 saturated heterocycles. The Bertz CT molecular complexity index is 967. The van der Waals surface area contributed by atoms with Crippen molar-refractivity contribution in [3.8, 4) is 11.8 Å². The number of aromatic nitrogens is 2. The van der Waals surface area contributed by atoms with Crippen molar-refractivity contribution in [3.63, 3.8) is 0 Å². The second kappa shape index (κ2) is 5.46. The number of aryl methyl sites for hydroxylation is 1. The molecule has 3 aromatic rings. The van der Waals surface area contributed by atoms with Crippen LogP contribution in [0.15, 0.2) is 36.5 Å². The lowest BCUT2D eigenvalue weighted by molar-refractivity contribution is 0.0593. The van der Waals surface area contributed by atoms with Gasteiger partial charge in [0.25, 0.3) is 0 Å². The van der Waals surface area contributed by atoms with Crippen molar-refractivity contribution in [2.45, 2.75) is 6.92 Å². The maximum absolute atomic E-state index is 12.1. The molecule has 3 rings (SSSR count). The smallest absolute Gasteiger partial charge is 0.357 e. The first-order valence-corrected chi connectivity index (χ1v) is 6.92. The number of benzene rings is 1. The van der Waals surface area contributed by atoms with Gasteiger partial charge < -0.3 is 15.0 Å². The summed E-state index contributed by atoms with van der Waals surface area (Å²) in [5.74, 6) is -0.603. The van der Waals surface area contributed by atoms with Gasteiger partial charge in [0.2, 0.25) is 0 Å². The average molecular weight is 306 g/mol. The molecule has 0 aliphatic rings. The van der Waals surface area contributed by atoms with E-state index in [9.17, 15) is 10.1 Å². The van der Waals surface area contributed by atoms with Crippen LogP contribution >= 0.6 is 0 Å². The van der Waals surface area contributed by atoms with Crippen molar-refractivity contribution >= 4 is 22.6 Å². The Morgan fingerprint density at radius 3 is 2.83 bits per heavy atom. The van der Waals surface area contributed by atoms with Gasteiger partial charge in [0.15, 0.2) is 5.69 Å². The summed E-state index contributed by atoms with van der Waals surface area (Å²) in [7, 11) is 1.27. The van der Waals surface area contributed by atoms with Crippen LogP contribution < -0.4 is 5.73 Å². The molecular weight excluding hydrogens is 292 g/mol. The molecule has 0 fully saturated rings. The van der Waals surface area contributed by atoms with E-state index in [2.05, 4.69) is 4.98 Å². The number of nitrogens with two attached hydrogens (primary N) is 1. The van der Waals surface area contributed by atoms with E-state index < -0.39 is 5.97 Å². The van der Waals surface area contributed by atoms with Gasteiger partial charge in [-0.1, -0.05) is 18.2 Å². The fraction of sp³-hybridized carbons (Fsp3) is 0.118. The molecule has 23 heavy (non-hydrogen) atoms. The lowest BCUT2D eigenvalue weighted by Gasteiger charge is -2.11. The van der Waals surface area contributed by atoms with Gasteiger partial charge in [0.1, 0.15) is 6.07 Å². The molecule has 0 radical (unpaired) electrons. The number of nitriles is 1. The molecule has 2 N–H and O–H groups in total. The zero-order valence-electron chi connectivity index (χ0n) is 12.7. The van der Waals surface area contributed by atoms with E-state index in [0.29, 0.717) is 5.69 Å². The summed E-state index contributed by atoms with van der Waals surface area (Å²) >= 11 is 0. The normalized spacial score (nSPS) is 10.5. The number of fused-ring (bicyclic) bond motifs is 1. The number of para-hydroxylation sites is 1. The van der Waals surface area contributed by atoms with Gasteiger partial charge in [-0.25, -0.2) is 4.79 Å². The van der Waals surface area contributed by atoms with E-state index in [-0.39, 0.29) is 16.9 Å². The summed E-state index contributed by atoms with van der Waals surface area (Å²) < 4.78 is 6.37. The maximum Gasteiger partial charge on any atom is 0.357 e. The Kier molecular flexibility index (Phi) is 3.47. The van der Waals surface area contributed by atoms with Crippen LogP contribution in [0.4, 0.5) is 5.69 Å². The number of carbonyl (C=O) groups is 1. The first kappa shape index (κ1) is 14.6. The van der Waals surface area contributed by atoms with E-state index in [1.54, 1.807) is 4.57 Å². The lowest BCUT2D eigenvalue weighted by Crippen LogP contribution is -2.11. The summed E-state index contributed by atoms with van der Waals surface area (Å²) in [4.78, 5) is 16.7. The van der Waals surface area contributed by atoms with Crippen molar-refractivity contribution in [3.05, 3.63) is 53.5 Å². The van der Waals surface area contributed by atoms with E-state index >= 15 is 0 Å². The minimum atomic E-state index is -0.603. The number of hydrogen-bond donors (Lipinski definition) is 1. The molecule has 2 heterocycles. The van der Waals surface area contributed by atoms with Crippen molar-refractivity contribution < 1.29 is 9.53 Å². The van der Waals surface area contributed by atoms with Crippen LogP contribution in [0.5, 0.6) is 0 Å². The summed E-state index contributed by atoms with van der Waals surface area (Å²) in [5, 5.41) is 10.1. The number of rotatable bonds is 2. The third kappa shape index (κ3) is 2.28. The average Bonchev–Trinajstić information content (AvgIpc) is 2.90. The van der Waals surface area contributed by atoms with Crippen LogP contribution in [0, 0.1) is 18.3 Å². The molecule has 0 spiro atoms. The van der Waals surface area contributed by atoms with E-state index in [1.807, 2.05) is 43.3 Å². The second-order valence-electron chi connectivity index (χ2n) is 5.08. The lowest BCUT2D eigenvalue weighted by atomic mass is 10.1. The van der Waals surface area contributed by atoms with Crippen molar-refractivity contribution in [1.82, 2.24) is 9.55 Å². The van der Waals surface area contributed by atoms with Gasteiger partial charge in [-0.2, -0.15) is 5.26 Å². The molecule has 0 unspecified atom stereocenters. The van der Waals surface area contributed by atoms with Crippen LogP contribution in [0.3, 0.4) is 0 Å². The van der Waals surface area contributed by atoms with Crippen molar-refractivity contribution in [2.24, 2.45) is 0 Å². The Morgan fingerprint density at radius 1 is 1.35 bits per heavy atom. The number of ether oxygens (including phenoxy) is 1. The fourth-order valence-corrected chi connectivity index (χ4v) is 2.53. The van der Waals surface area contributed by atoms with Crippen LogP contribution in [0.25, 0.3) is 16.6 Å². The Balaban J connectivity index is 2.38. The summed E-state index contributed by atoms with van der Waals surface area (Å²) in [6, 6.07) is 11.5. The highest BCUT2D eigenvalue weighted by atomic mass is 16.5. The monoisotopic (exact) mass is 306 g/mol. The van der Waals surface area contributed by atoms with Gasteiger partial charge >= 0.3 is 5.97 Å². The van der Waals surface area contributed by atoms with Crippen molar-refractivity contribution in [1.29, 1.82) is 5.26 Å². The van der Waals surface area contributed by atoms with Gasteiger partial charge in [0, 0.05) is 17.3 Å². The number of pyridine rings is 1. The maximum atomic E-state index is 12.1. The Labute approximate surface area is 132 Å². The quantitative estimate of drug-likeness (QED) is 0.734. The van der Waals surface area contributed by atoms with Gasteiger partial charge in [-0.05, 0) is 19.1 Å². The SMILES string of the molecule is COC(=O)c1c(N)c(C#N)cn1-c1cccc2ccc(C)nc12. The number of esters is 1.